The summed E-state index contributed by atoms with van der Waals surface area (Å²) in [5.41, 5.74) is 1.20. The number of nitrogens with zero attached hydrogens (tertiary/aromatic N) is 2. The molecule has 2 unspecified atom stereocenters. The normalized spacial score (nSPS) is 17.4. The SMILES string of the molecule is CCC(CCC(C#N)(c1ccccc1F)C1CCC1)N(Cc1ccccc1)C(C)C. The lowest BCUT2D eigenvalue weighted by Gasteiger charge is -2.43. The van der Waals surface area contributed by atoms with Crippen molar-refractivity contribution >= 4 is 0 Å². The second-order valence-electron chi connectivity index (χ2n) is 9.04. The average Bonchev–Trinajstić information content (AvgIpc) is 2.72. The van der Waals surface area contributed by atoms with Gasteiger partial charge in [-0.15, -0.1) is 0 Å². The maximum atomic E-state index is 14.8. The molecule has 2 nitrogen and oxygen atoms in total. The van der Waals surface area contributed by atoms with Crippen molar-refractivity contribution in [2.45, 2.75) is 83.3 Å². The zero-order chi connectivity index (χ0) is 21.6. The standard InChI is InChI=1S/C27H35FN2/c1-4-24(30(21(2)3)19-22-11-6-5-7-12-22)17-18-27(20-29,23-13-10-14-23)25-15-8-9-16-26(25)28/h5-9,11-12,15-16,21,23-24H,4,10,13-14,17-19H2,1-3H3. The second-order valence-corrected chi connectivity index (χ2v) is 9.04. The van der Waals surface area contributed by atoms with Crippen LogP contribution in [0.1, 0.15) is 70.4 Å². The first kappa shape index (κ1) is 22.5. The third kappa shape index (κ3) is 4.76. The van der Waals surface area contributed by atoms with Crippen molar-refractivity contribution in [3.8, 4) is 6.07 Å². The monoisotopic (exact) mass is 406 g/mol. The lowest BCUT2D eigenvalue weighted by Crippen LogP contribution is -2.43. The molecule has 160 valence electrons. The van der Waals surface area contributed by atoms with E-state index in [2.05, 4.69) is 62.1 Å². The summed E-state index contributed by atoms with van der Waals surface area (Å²) in [5, 5.41) is 10.3. The highest BCUT2D eigenvalue weighted by Crippen LogP contribution is 2.48. The molecule has 0 saturated heterocycles. The van der Waals surface area contributed by atoms with Gasteiger partial charge >= 0.3 is 0 Å². The summed E-state index contributed by atoms with van der Waals surface area (Å²) in [6.45, 7) is 7.61. The number of benzene rings is 2. The highest BCUT2D eigenvalue weighted by atomic mass is 19.1. The Balaban J connectivity index is 1.83. The van der Waals surface area contributed by atoms with Crippen LogP contribution in [0.3, 0.4) is 0 Å². The van der Waals surface area contributed by atoms with Crippen molar-refractivity contribution in [1.29, 1.82) is 5.26 Å². The zero-order valence-electron chi connectivity index (χ0n) is 18.7. The molecule has 0 N–H and O–H groups in total. The highest BCUT2D eigenvalue weighted by Gasteiger charge is 2.45. The van der Waals surface area contributed by atoms with Crippen LogP contribution in [-0.4, -0.2) is 17.0 Å². The Bertz CT molecular complexity index is 837. The lowest BCUT2D eigenvalue weighted by molar-refractivity contribution is 0.113. The summed E-state index contributed by atoms with van der Waals surface area (Å²) in [4.78, 5) is 2.54. The van der Waals surface area contributed by atoms with Crippen molar-refractivity contribution in [3.63, 3.8) is 0 Å². The summed E-state index contributed by atoms with van der Waals surface area (Å²) in [6.07, 6.45) is 5.83. The van der Waals surface area contributed by atoms with Gasteiger partial charge in [0.05, 0.1) is 11.5 Å². The van der Waals surface area contributed by atoms with Crippen LogP contribution in [-0.2, 0) is 12.0 Å². The molecule has 0 radical (unpaired) electrons. The van der Waals surface area contributed by atoms with Gasteiger partial charge in [-0.2, -0.15) is 5.26 Å². The molecule has 1 fully saturated rings. The van der Waals surface area contributed by atoms with Crippen LogP contribution >= 0.6 is 0 Å². The van der Waals surface area contributed by atoms with Crippen molar-refractivity contribution in [3.05, 3.63) is 71.5 Å². The molecule has 3 heteroatoms. The molecule has 0 aliphatic heterocycles. The first-order valence-corrected chi connectivity index (χ1v) is 11.5. The van der Waals surface area contributed by atoms with Gasteiger partial charge in [-0.05, 0) is 63.5 Å². The van der Waals surface area contributed by atoms with E-state index in [0.717, 1.165) is 38.6 Å². The molecule has 0 bridgehead atoms. The molecule has 1 aliphatic carbocycles. The second kappa shape index (κ2) is 10.2. The highest BCUT2D eigenvalue weighted by molar-refractivity contribution is 5.35. The van der Waals surface area contributed by atoms with Gasteiger partial charge in [0.1, 0.15) is 5.82 Å². The number of hydrogen-bond donors (Lipinski definition) is 0. The summed E-state index contributed by atoms with van der Waals surface area (Å²) in [5.74, 6) is 0.0301. The molecule has 2 atom stereocenters. The van der Waals surface area contributed by atoms with Crippen molar-refractivity contribution in [2.75, 3.05) is 0 Å². The fraction of sp³-hybridized carbons (Fsp3) is 0.519. The van der Waals surface area contributed by atoms with Gasteiger partial charge in [0.25, 0.3) is 0 Å². The van der Waals surface area contributed by atoms with Gasteiger partial charge < -0.3 is 0 Å². The average molecular weight is 407 g/mol. The van der Waals surface area contributed by atoms with E-state index in [9.17, 15) is 9.65 Å². The van der Waals surface area contributed by atoms with Crippen molar-refractivity contribution in [1.82, 2.24) is 4.90 Å². The molecule has 1 aliphatic rings. The smallest absolute Gasteiger partial charge is 0.128 e. The Morgan fingerprint density at radius 2 is 1.77 bits per heavy atom. The number of nitriles is 1. The minimum atomic E-state index is -0.716. The third-order valence-electron chi connectivity index (χ3n) is 7.04. The predicted octanol–water partition coefficient (Wildman–Crippen LogP) is 6.86. The molecule has 2 aromatic carbocycles. The minimum absolute atomic E-state index is 0.232. The third-order valence-corrected chi connectivity index (χ3v) is 7.04. The Hall–Kier alpha value is -2.18. The van der Waals surface area contributed by atoms with Crippen LogP contribution in [0.15, 0.2) is 54.6 Å². The van der Waals surface area contributed by atoms with E-state index < -0.39 is 5.41 Å². The van der Waals surface area contributed by atoms with Crippen LogP contribution < -0.4 is 0 Å². The molecule has 0 aromatic heterocycles. The Kier molecular flexibility index (Phi) is 7.67. The molecule has 30 heavy (non-hydrogen) atoms. The van der Waals surface area contributed by atoms with Gasteiger partial charge in [-0.3, -0.25) is 4.90 Å². The van der Waals surface area contributed by atoms with Gasteiger partial charge in [-0.25, -0.2) is 4.39 Å². The molecule has 3 rings (SSSR count). The Morgan fingerprint density at radius 1 is 1.10 bits per heavy atom. The molecular formula is C27H35FN2. The topological polar surface area (TPSA) is 27.0 Å². The minimum Gasteiger partial charge on any atom is -0.294 e. The molecular weight excluding hydrogens is 371 g/mol. The quantitative estimate of drug-likeness (QED) is 0.431. The molecule has 2 aromatic rings. The van der Waals surface area contributed by atoms with E-state index in [0.29, 0.717) is 24.1 Å². The van der Waals surface area contributed by atoms with Crippen molar-refractivity contribution < 1.29 is 4.39 Å². The first-order valence-electron chi connectivity index (χ1n) is 11.5. The van der Waals surface area contributed by atoms with E-state index in [1.54, 1.807) is 6.07 Å². The summed E-state index contributed by atoms with van der Waals surface area (Å²) in [7, 11) is 0. The molecule has 0 spiro atoms. The van der Waals surface area contributed by atoms with E-state index >= 15 is 0 Å². The van der Waals surface area contributed by atoms with E-state index in [4.69, 9.17) is 0 Å². The van der Waals surface area contributed by atoms with Gasteiger partial charge in [0, 0.05) is 24.2 Å². The van der Waals surface area contributed by atoms with Crippen LogP contribution in [0, 0.1) is 23.1 Å². The van der Waals surface area contributed by atoms with Crippen LogP contribution in [0.2, 0.25) is 0 Å². The van der Waals surface area contributed by atoms with Crippen LogP contribution in [0.25, 0.3) is 0 Å². The van der Waals surface area contributed by atoms with Crippen LogP contribution in [0.4, 0.5) is 4.39 Å². The molecule has 1 saturated carbocycles. The fourth-order valence-electron chi connectivity index (χ4n) is 5.02. The van der Waals surface area contributed by atoms with E-state index in [1.165, 1.54) is 11.6 Å². The van der Waals surface area contributed by atoms with Gasteiger partial charge in [0.2, 0.25) is 0 Å². The van der Waals surface area contributed by atoms with Gasteiger partial charge in [-0.1, -0.05) is 61.9 Å². The summed E-state index contributed by atoms with van der Waals surface area (Å²) in [6, 6.07) is 20.9. The maximum absolute atomic E-state index is 14.8. The first-order chi connectivity index (χ1) is 14.5. The molecule has 0 heterocycles. The van der Waals surface area contributed by atoms with Gasteiger partial charge in [0.15, 0.2) is 0 Å². The largest absolute Gasteiger partial charge is 0.294 e. The lowest BCUT2D eigenvalue weighted by atomic mass is 9.60. The Labute approximate surface area is 181 Å². The summed E-state index contributed by atoms with van der Waals surface area (Å²) < 4.78 is 14.8. The molecule has 0 amide bonds. The number of rotatable bonds is 10. The maximum Gasteiger partial charge on any atom is 0.128 e. The van der Waals surface area contributed by atoms with Crippen molar-refractivity contribution in [2.24, 2.45) is 5.92 Å². The van der Waals surface area contributed by atoms with Crippen LogP contribution in [0.5, 0.6) is 0 Å². The number of hydrogen-bond acceptors (Lipinski definition) is 2. The Morgan fingerprint density at radius 3 is 2.30 bits per heavy atom. The zero-order valence-corrected chi connectivity index (χ0v) is 18.7. The predicted molar refractivity (Wildman–Crippen MR) is 121 cm³/mol. The number of halogens is 1. The van der Waals surface area contributed by atoms with E-state index in [1.807, 2.05) is 12.1 Å². The van der Waals surface area contributed by atoms with E-state index in [-0.39, 0.29) is 11.7 Å². The fourth-order valence-corrected chi connectivity index (χ4v) is 5.02. The summed E-state index contributed by atoms with van der Waals surface area (Å²) >= 11 is 0.